The quantitative estimate of drug-likeness (QED) is 0.616. The number of pyridine rings is 1. The second-order valence-electron chi connectivity index (χ2n) is 6.84. The highest BCUT2D eigenvalue weighted by Crippen LogP contribution is 2.32. The third-order valence-electron chi connectivity index (χ3n) is 4.59. The molecule has 1 aromatic carbocycles. The van der Waals surface area contributed by atoms with E-state index in [1.54, 1.807) is 41.5 Å². The summed E-state index contributed by atoms with van der Waals surface area (Å²) in [5.41, 5.74) is 0.454. The minimum absolute atomic E-state index is 0.0263. The molecule has 4 rings (SSSR count). The van der Waals surface area contributed by atoms with Crippen molar-refractivity contribution in [1.82, 2.24) is 18.8 Å². The van der Waals surface area contributed by atoms with Gasteiger partial charge in [0.05, 0.1) is 36.5 Å². The predicted octanol–water partition coefficient (Wildman–Crippen LogP) is 1.69. The number of hydrogen-bond donors (Lipinski definition) is 1. The molecular weight excluding hydrogens is 422 g/mol. The Kier molecular flexibility index (Phi) is 5.87. The molecule has 0 saturated heterocycles. The number of nitrogens with zero attached hydrogens (tertiary/aromatic N) is 4. The molecule has 1 aliphatic heterocycles. The summed E-state index contributed by atoms with van der Waals surface area (Å²) >= 11 is 0. The first-order valence-electron chi connectivity index (χ1n) is 9.54. The fraction of sp³-hybridized carbons (Fsp3) is 0.250. The maximum atomic E-state index is 12.9. The summed E-state index contributed by atoms with van der Waals surface area (Å²) < 4.78 is 39.6. The lowest BCUT2D eigenvalue weighted by Gasteiger charge is -2.18. The molecule has 0 bridgehead atoms. The van der Waals surface area contributed by atoms with Crippen LogP contribution in [0.25, 0.3) is 5.82 Å². The molecule has 0 aliphatic carbocycles. The molecule has 0 unspecified atom stereocenters. The van der Waals surface area contributed by atoms with Crippen LogP contribution in [-0.4, -0.2) is 60.0 Å². The molecule has 162 valence electrons. The number of imidazole rings is 1. The molecular formula is C20H21N5O5S. The van der Waals surface area contributed by atoms with Gasteiger partial charge in [-0.3, -0.25) is 9.36 Å². The van der Waals surface area contributed by atoms with E-state index < -0.39 is 15.9 Å². The van der Waals surface area contributed by atoms with Crippen molar-refractivity contribution >= 4 is 21.6 Å². The van der Waals surface area contributed by atoms with Crippen LogP contribution in [0.5, 0.6) is 11.5 Å². The summed E-state index contributed by atoms with van der Waals surface area (Å²) in [5, 5.41) is 2.65. The van der Waals surface area contributed by atoms with Gasteiger partial charge in [-0.15, -0.1) is 0 Å². The average molecular weight is 443 g/mol. The standard InChI is InChI=1S/C20H21N5O5S/c1-24(31(27,28)16-4-5-17-18(11-16)30-10-2-9-29-17)13-20(26)23-15-3-6-19(22-12-15)25-8-7-21-14-25/h3-8,11-12,14H,2,9-10,13H2,1H3,(H,23,26). The molecule has 1 aliphatic rings. The van der Waals surface area contributed by atoms with Gasteiger partial charge in [-0.25, -0.2) is 18.4 Å². The van der Waals surface area contributed by atoms with Crippen LogP contribution in [0.1, 0.15) is 6.42 Å². The number of sulfonamides is 1. The number of rotatable bonds is 6. The van der Waals surface area contributed by atoms with E-state index in [0.717, 1.165) is 10.7 Å². The first-order valence-corrected chi connectivity index (χ1v) is 11.0. The van der Waals surface area contributed by atoms with E-state index in [9.17, 15) is 13.2 Å². The van der Waals surface area contributed by atoms with E-state index >= 15 is 0 Å². The Bertz CT molecular complexity index is 1160. The van der Waals surface area contributed by atoms with Gasteiger partial charge < -0.3 is 14.8 Å². The van der Waals surface area contributed by atoms with E-state index in [-0.39, 0.29) is 11.4 Å². The van der Waals surface area contributed by atoms with Gasteiger partial charge in [0, 0.05) is 31.9 Å². The van der Waals surface area contributed by atoms with Crippen LogP contribution in [-0.2, 0) is 14.8 Å². The predicted molar refractivity (Wildman–Crippen MR) is 112 cm³/mol. The molecule has 3 aromatic rings. The first kappa shape index (κ1) is 20.8. The number of anilines is 1. The van der Waals surface area contributed by atoms with Gasteiger partial charge in [0.15, 0.2) is 11.5 Å². The van der Waals surface area contributed by atoms with Crippen molar-refractivity contribution in [3.8, 4) is 17.3 Å². The SMILES string of the molecule is CN(CC(=O)Nc1ccc(-n2ccnc2)nc1)S(=O)(=O)c1ccc2c(c1)OCCCO2. The summed E-state index contributed by atoms with van der Waals surface area (Å²) in [4.78, 5) is 20.6. The molecule has 1 amide bonds. The number of benzene rings is 1. The smallest absolute Gasteiger partial charge is 0.243 e. The number of carbonyl (C=O) groups is 1. The minimum Gasteiger partial charge on any atom is -0.490 e. The monoisotopic (exact) mass is 443 g/mol. The van der Waals surface area contributed by atoms with Gasteiger partial charge in [0.1, 0.15) is 12.1 Å². The zero-order chi connectivity index (χ0) is 21.8. The topological polar surface area (TPSA) is 116 Å². The third-order valence-corrected chi connectivity index (χ3v) is 6.39. The number of fused-ring (bicyclic) bond motifs is 1. The lowest BCUT2D eigenvalue weighted by molar-refractivity contribution is -0.116. The van der Waals surface area contributed by atoms with Crippen molar-refractivity contribution in [2.75, 3.05) is 32.1 Å². The number of likely N-dealkylation sites (N-methyl/N-ethyl adjacent to an activating group) is 1. The summed E-state index contributed by atoms with van der Waals surface area (Å²) in [5.74, 6) is 1.03. The van der Waals surface area contributed by atoms with Crippen molar-refractivity contribution in [1.29, 1.82) is 0 Å². The van der Waals surface area contributed by atoms with Crippen molar-refractivity contribution in [3.05, 3.63) is 55.2 Å². The van der Waals surface area contributed by atoms with Gasteiger partial charge in [0.25, 0.3) is 0 Å². The summed E-state index contributed by atoms with van der Waals surface area (Å²) in [6.45, 7) is 0.597. The Labute approximate surface area is 179 Å². The zero-order valence-electron chi connectivity index (χ0n) is 16.8. The largest absolute Gasteiger partial charge is 0.490 e. The molecule has 11 heteroatoms. The van der Waals surface area contributed by atoms with E-state index in [1.165, 1.54) is 25.4 Å². The lowest BCUT2D eigenvalue weighted by Crippen LogP contribution is -2.35. The molecule has 0 saturated carbocycles. The number of hydrogen-bond acceptors (Lipinski definition) is 7. The Balaban J connectivity index is 1.41. The lowest BCUT2D eigenvalue weighted by atomic mass is 10.3. The third kappa shape index (κ3) is 4.67. The van der Waals surface area contributed by atoms with Crippen LogP contribution in [0.15, 0.2) is 60.1 Å². The highest BCUT2D eigenvalue weighted by molar-refractivity contribution is 7.89. The number of carbonyl (C=O) groups excluding carboxylic acids is 1. The van der Waals surface area contributed by atoms with Gasteiger partial charge in [-0.2, -0.15) is 4.31 Å². The van der Waals surface area contributed by atoms with Crippen LogP contribution in [0.2, 0.25) is 0 Å². The highest BCUT2D eigenvalue weighted by Gasteiger charge is 2.25. The number of nitrogens with one attached hydrogen (secondary N) is 1. The number of ether oxygens (including phenoxy) is 2. The second kappa shape index (κ2) is 8.74. The van der Waals surface area contributed by atoms with Crippen LogP contribution in [0.3, 0.4) is 0 Å². The first-order chi connectivity index (χ1) is 14.9. The van der Waals surface area contributed by atoms with Crippen LogP contribution in [0.4, 0.5) is 5.69 Å². The highest BCUT2D eigenvalue weighted by atomic mass is 32.2. The molecule has 0 atom stereocenters. The van der Waals surface area contributed by atoms with Gasteiger partial charge in [0.2, 0.25) is 15.9 Å². The second-order valence-corrected chi connectivity index (χ2v) is 8.89. The van der Waals surface area contributed by atoms with Crippen molar-refractivity contribution in [2.24, 2.45) is 0 Å². The van der Waals surface area contributed by atoms with Crippen LogP contribution < -0.4 is 14.8 Å². The van der Waals surface area contributed by atoms with Crippen LogP contribution >= 0.6 is 0 Å². The van der Waals surface area contributed by atoms with Crippen molar-refractivity contribution in [2.45, 2.75) is 11.3 Å². The molecule has 10 nitrogen and oxygen atoms in total. The molecule has 0 spiro atoms. The molecule has 2 aromatic heterocycles. The van der Waals surface area contributed by atoms with Crippen molar-refractivity contribution in [3.63, 3.8) is 0 Å². The molecule has 31 heavy (non-hydrogen) atoms. The Hall–Kier alpha value is -3.44. The summed E-state index contributed by atoms with van der Waals surface area (Å²) in [6.07, 6.45) is 7.21. The summed E-state index contributed by atoms with van der Waals surface area (Å²) in [7, 11) is -2.55. The van der Waals surface area contributed by atoms with E-state index in [4.69, 9.17) is 9.47 Å². The fourth-order valence-corrected chi connectivity index (χ4v) is 4.12. The van der Waals surface area contributed by atoms with E-state index in [0.29, 0.717) is 36.2 Å². The van der Waals surface area contributed by atoms with Gasteiger partial charge in [-0.05, 0) is 24.3 Å². The number of aromatic nitrogens is 3. The molecule has 0 fully saturated rings. The van der Waals surface area contributed by atoms with E-state index in [2.05, 4.69) is 15.3 Å². The number of amides is 1. The Morgan fingerprint density at radius 2 is 2.00 bits per heavy atom. The Morgan fingerprint density at radius 1 is 1.19 bits per heavy atom. The van der Waals surface area contributed by atoms with E-state index in [1.807, 2.05) is 0 Å². The minimum atomic E-state index is -3.90. The van der Waals surface area contributed by atoms with Gasteiger partial charge in [-0.1, -0.05) is 0 Å². The van der Waals surface area contributed by atoms with Crippen LogP contribution in [0, 0.1) is 0 Å². The van der Waals surface area contributed by atoms with Crippen molar-refractivity contribution < 1.29 is 22.7 Å². The zero-order valence-corrected chi connectivity index (χ0v) is 17.6. The average Bonchev–Trinajstić information content (AvgIpc) is 3.19. The normalized spacial score (nSPS) is 13.6. The fourth-order valence-electron chi connectivity index (χ4n) is 2.98. The molecule has 3 heterocycles. The van der Waals surface area contributed by atoms with Gasteiger partial charge >= 0.3 is 0 Å². The maximum Gasteiger partial charge on any atom is 0.243 e. The Morgan fingerprint density at radius 3 is 2.71 bits per heavy atom. The molecule has 0 radical (unpaired) electrons. The summed E-state index contributed by atoms with van der Waals surface area (Å²) in [6, 6.07) is 7.82. The maximum absolute atomic E-state index is 12.9. The molecule has 1 N–H and O–H groups in total.